The van der Waals surface area contributed by atoms with Crippen LogP contribution in [0.5, 0.6) is 0 Å². The Balaban J connectivity index is 2.97. The Labute approximate surface area is 130 Å². The van der Waals surface area contributed by atoms with Gasteiger partial charge in [-0.3, -0.25) is 0 Å². The second-order valence-electron chi connectivity index (χ2n) is 5.67. The van der Waals surface area contributed by atoms with Crippen LogP contribution in [-0.4, -0.2) is 60.4 Å². The van der Waals surface area contributed by atoms with Gasteiger partial charge >= 0.3 is 0 Å². The maximum atomic E-state index is 6.62. The summed E-state index contributed by atoms with van der Waals surface area (Å²) in [5.74, 6) is 0. The third-order valence-corrected chi connectivity index (χ3v) is 9.46. The van der Waals surface area contributed by atoms with Crippen molar-refractivity contribution in [1.82, 2.24) is 0 Å². The molecule has 0 aromatic carbocycles. The molecule has 21 heavy (non-hydrogen) atoms. The Morgan fingerprint density at radius 3 is 1.71 bits per heavy atom. The molecule has 126 valence electrons. The molecule has 0 aromatic rings. The van der Waals surface area contributed by atoms with E-state index < -0.39 is 14.6 Å². The average molecular weight is 321 g/mol. The van der Waals surface area contributed by atoms with Gasteiger partial charge < -0.3 is 23.4 Å². The maximum Gasteiger partial charge on any atom is 0.192 e. The minimum absolute atomic E-state index is 0.0807. The fourth-order valence-corrected chi connectivity index (χ4v) is 6.03. The Morgan fingerprint density at radius 1 is 0.810 bits per heavy atom. The van der Waals surface area contributed by atoms with Gasteiger partial charge in [-0.15, -0.1) is 0 Å². The van der Waals surface area contributed by atoms with Crippen LogP contribution in [0.3, 0.4) is 0 Å². The van der Waals surface area contributed by atoms with Crippen LogP contribution in [0.4, 0.5) is 0 Å². The highest BCUT2D eigenvalue weighted by molar-refractivity contribution is 6.73. The van der Waals surface area contributed by atoms with Gasteiger partial charge in [-0.05, 0) is 25.1 Å². The van der Waals surface area contributed by atoms with Crippen LogP contribution in [0.1, 0.15) is 27.7 Å². The van der Waals surface area contributed by atoms with E-state index in [1.807, 2.05) is 6.92 Å². The van der Waals surface area contributed by atoms with E-state index >= 15 is 0 Å². The number of hydrogen-bond donors (Lipinski definition) is 0. The summed E-state index contributed by atoms with van der Waals surface area (Å²) in [6.07, 6.45) is -1.07. The predicted octanol–water partition coefficient (Wildman–Crippen LogP) is 2.80. The van der Waals surface area contributed by atoms with E-state index in [4.69, 9.17) is 23.4 Å². The molecule has 0 radical (unpaired) electrons. The summed E-state index contributed by atoms with van der Waals surface area (Å²) in [6, 6.07) is 3.31. The quantitative estimate of drug-likeness (QED) is 0.644. The lowest BCUT2D eigenvalue weighted by molar-refractivity contribution is -0.292. The van der Waals surface area contributed by atoms with E-state index in [2.05, 4.69) is 20.8 Å². The normalized spacial score (nSPS) is 34.1. The van der Waals surface area contributed by atoms with Crippen LogP contribution < -0.4 is 0 Å². The molecular weight excluding hydrogens is 288 g/mol. The van der Waals surface area contributed by atoms with Crippen LogP contribution in [0.25, 0.3) is 0 Å². The minimum Gasteiger partial charge on any atom is -0.409 e. The molecule has 0 amide bonds. The van der Waals surface area contributed by atoms with Crippen LogP contribution in [-0.2, 0) is 23.4 Å². The van der Waals surface area contributed by atoms with Crippen molar-refractivity contribution in [2.45, 2.75) is 76.5 Å². The van der Waals surface area contributed by atoms with Crippen molar-refractivity contribution in [1.29, 1.82) is 0 Å². The second-order valence-corrected chi connectivity index (χ2v) is 10.4. The van der Waals surface area contributed by atoms with Crippen LogP contribution in [0, 0.1) is 0 Å². The predicted molar refractivity (Wildman–Crippen MR) is 85.0 cm³/mol. The van der Waals surface area contributed by atoms with Crippen molar-refractivity contribution in [3.05, 3.63) is 0 Å². The molecular formula is C15H32O5Si. The van der Waals surface area contributed by atoms with Gasteiger partial charge in [0.05, 0.1) is 12.2 Å². The Morgan fingerprint density at radius 2 is 1.33 bits per heavy atom. The molecule has 1 unspecified atom stereocenters. The molecule has 1 saturated heterocycles. The molecule has 1 rings (SSSR count). The fraction of sp³-hybridized carbons (Fsp3) is 1.00. The van der Waals surface area contributed by atoms with Gasteiger partial charge in [-0.2, -0.15) is 0 Å². The van der Waals surface area contributed by atoms with Gasteiger partial charge in [-0.25, -0.2) is 0 Å². The SMILES string of the molecule is CC[Si](CC)(CC)O[C@@H]1C(C)O[C@@H](OC)[C@H](OC)[C@@H]1OC. The van der Waals surface area contributed by atoms with E-state index in [1.54, 1.807) is 21.3 Å². The standard InChI is InChI=1S/C15H32O5Si/c1-8-21(9-2,10-3)20-12-11(4)19-15(18-7)14(17-6)13(12)16-5/h11-15H,8-10H2,1-7H3/t11?,12-,13-,14-,15-/m1/s1. The summed E-state index contributed by atoms with van der Waals surface area (Å²) in [4.78, 5) is 0. The first kappa shape index (κ1) is 19.1. The van der Waals surface area contributed by atoms with Gasteiger partial charge in [0, 0.05) is 21.3 Å². The summed E-state index contributed by atoms with van der Waals surface area (Å²) >= 11 is 0. The van der Waals surface area contributed by atoms with Crippen LogP contribution >= 0.6 is 0 Å². The van der Waals surface area contributed by atoms with Crippen molar-refractivity contribution in [2.75, 3.05) is 21.3 Å². The summed E-state index contributed by atoms with van der Waals surface area (Å²) in [5.41, 5.74) is 0. The molecule has 1 aliphatic heterocycles. The zero-order chi connectivity index (χ0) is 16.0. The molecule has 5 nitrogen and oxygen atoms in total. The number of ether oxygens (including phenoxy) is 4. The number of methoxy groups -OCH3 is 3. The highest BCUT2D eigenvalue weighted by Crippen LogP contribution is 2.32. The molecule has 6 heteroatoms. The van der Waals surface area contributed by atoms with E-state index in [9.17, 15) is 0 Å². The first-order chi connectivity index (χ1) is 10.0. The van der Waals surface area contributed by atoms with E-state index in [1.165, 1.54) is 0 Å². The van der Waals surface area contributed by atoms with Crippen molar-refractivity contribution < 1.29 is 23.4 Å². The van der Waals surface area contributed by atoms with Gasteiger partial charge in [0.25, 0.3) is 0 Å². The number of hydrogen-bond acceptors (Lipinski definition) is 5. The monoisotopic (exact) mass is 320 g/mol. The van der Waals surface area contributed by atoms with Crippen molar-refractivity contribution in [3.8, 4) is 0 Å². The summed E-state index contributed by atoms with van der Waals surface area (Å²) in [6.45, 7) is 8.69. The number of rotatable bonds is 8. The average Bonchev–Trinajstić information content (AvgIpc) is 2.53. The molecule has 1 fully saturated rings. The molecule has 0 spiro atoms. The lowest BCUT2D eigenvalue weighted by Gasteiger charge is -2.47. The highest BCUT2D eigenvalue weighted by Gasteiger charge is 2.48. The third kappa shape index (κ3) is 4.06. The summed E-state index contributed by atoms with van der Waals surface area (Å²) in [7, 11) is 3.25. The van der Waals surface area contributed by atoms with Crippen molar-refractivity contribution in [2.24, 2.45) is 0 Å². The van der Waals surface area contributed by atoms with E-state index in [0.717, 1.165) is 18.1 Å². The largest absolute Gasteiger partial charge is 0.409 e. The molecule has 0 N–H and O–H groups in total. The van der Waals surface area contributed by atoms with Crippen LogP contribution in [0.15, 0.2) is 0 Å². The maximum absolute atomic E-state index is 6.62. The van der Waals surface area contributed by atoms with Gasteiger partial charge in [0.1, 0.15) is 12.2 Å². The molecule has 1 aliphatic rings. The summed E-state index contributed by atoms with van der Waals surface area (Å²) in [5, 5.41) is 0. The van der Waals surface area contributed by atoms with Gasteiger partial charge in [-0.1, -0.05) is 20.8 Å². The molecule has 0 aromatic heterocycles. The smallest absolute Gasteiger partial charge is 0.192 e. The minimum atomic E-state index is -1.74. The molecule has 0 bridgehead atoms. The lowest BCUT2D eigenvalue weighted by Crippen LogP contribution is -2.62. The lowest BCUT2D eigenvalue weighted by atomic mass is 9.99. The van der Waals surface area contributed by atoms with Crippen molar-refractivity contribution >= 4 is 8.32 Å². The first-order valence-electron chi connectivity index (χ1n) is 7.94. The molecule has 0 aliphatic carbocycles. The van der Waals surface area contributed by atoms with E-state index in [-0.39, 0.29) is 24.4 Å². The Bertz CT molecular complexity index is 290. The third-order valence-electron chi connectivity index (χ3n) is 4.82. The zero-order valence-corrected chi connectivity index (χ0v) is 15.5. The molecule has 5 atom stereocenters. The molecule has 1 heterocycles. The topological polar surface area (TPSA) is 46.2 Å². The Hall–Kier alpha value is 0.0169. The van der Waals surface area contributed by atoms with Gasteiger partial charge in [0.2, 0.25) is 0 Å². The van der Waals surface area contributed by atoms with Crippen molar-refractivity contribution in [3.63, 3.8) is 0 Å². The second kappa shape index (κ2) is 8.60. The zero-order valence-electron chi connectivity index (χ0n) is 14.5. The van der Waals surface area contributed by atoms with E-state index in [0.29, 0.717) is 0 Å². The summed E-state index contributed by atoms with van der Waals surface area (Å²) < 4.78 is 29.2. The highest BCUT2D eigenvalue weighted by atomic mass is 28.4. The van der Waals surface area contributed by atoms with Gasteiger partial charge in [0.15, 0.2) is 14.6 Å². The first-order valence-corrected chi connectivity index (χ1v) is 10.5. The fourth-order valence-electron chi connectivity index (χ4n) is 3.13. The Kier molecular flexibility index (Phi) is 7.81. The molecule has 0 saturated carbocycles. The van der Waals surface area contributed by atoms with Crippen LogP contribution in [0.2, 0.25) is 18.1 Å².